The number of aromatic nitrogens is 1. The lowest BCUT2D eigenvalue weighted by molar-refractivity contribution is 0.0739. The van der Waals surface area contributed by atoms with Gasteiger partial charge in [-0.15, -0.1) is 11.3 Å². The molecule has 0 saturated carbocycles. The molecule has 28 heavy (non-hydrogen) atoms. The molecule has 0 spiro atoms. The Kier molecular flexibility index (Phi) is 5.13. The number of aryl methyl sites for hydroxylation is 1. The molecule has 0 bridgehead atoms. The Hall–Kier alpha value is -2.73. The molecule has 1 saturated heterocycles. The zero-order chi connectivity index (χ0) is 19.7. The molecule has 0 radical (unpaired) electrons. The molecule has 1 fully saturated rings. The molecule has 2 heterocycles. The summed E-state index contributed by atoms with van der Waals surface area (Å²) in [6.07, 6.45) is 1.90. The topological polar surface area (TPSA) is 42.4 Å². The maximum Gasteiger partial charge on any atom is 0.266 e. The molecule has 1 aromatic heterocycles. The minimum absolute atomic E-state index is 0.00804. The number of thiazole rings is 1. The average Bonchev–Trinajstić information content (AvgIpc) is 3.35. The maximum atomic E-state index is 13.3. The summed E-state index contributed by atoms with van der Waals surface area (Å²) in [6.45, 7) is 2.58. The summed E-state index contributed by atoms with van der Waals surface area (Å²) in [7, 11) is 1.65. The van der Waals surface area contributed by atoms with E-state index in [1.54, 1.807) is 19.2 Å². The van der Waals surface area contributed by atoms with Gasteiger partial charge < -0.3 is 9.64 Å². The summed E-state index contributed by atoms with van der Waals surface area (Å²) in [5, 5.41) is 0.734. The van der Waals surface area contributed by atoms with Crippen LogP contribution in [0, 0.1) is 12.7 Å². The number of nitrogens with zero attached hydrogens (tertiary/aromatic N) is 2. The molecule has 144 valence electrons. The van der Waals surface area contributed by atoms with Crippen LogP contribution < -0.4 is 4.74 Å². The monoisotopic (exact) mass is 396 g/mol. The predicted octanol–water partition coefficient (Wildman–Crippen LogP) is 5.24. The number of carbonyl (C=O) groups excluding carboxylic acids is 1. The molecule has 1 aliphatic heterocycles. The largest absolute Gasteiger partial charge is 0.497 e. The average molecular weight is 396 g/mol. The van der Waals surface area contributed by atoms with E-state index in [2.05, 4.69) is 4.98 Å². The van der Waals surface area contributed by atoms with Gasteiger partial charge in [-0.25, -0.2) is 9.37 Å². The van der Waals surface area contributed by atoms with Gasteiger partial charge in [-0.05, 0) is 61.7 Å². The van der Waals surface area contributed by atoms with Gasteiger partial charge in [0.1, 0.15) is 21.5 Å². The summed E-state index contributed by atoms with van der Waals surface area (Å²) < 4.78 is 18.5. The van der Waals surface area contributed by atoms with Gasteiger partial charge >= 0.3 is 0 Å². The predicted molar refractivity (Wildman–Crippen MR) is 108 cm³/mol. The number of likely N-dealkylation sites (tertiary alicyclic amines) is 1. The SMILES string of the molecule is COc1cccc(C2CCCN2C(=O)c2sc(-c3ccc(F)cc3)nc2C)c1. The first kappa shape index (κ1) is 18.6. The van der Waals surface area contributed by atoms with Crippen LogP contribution in [0.1, 0.15) is 39.8 Å². The number of amides is 1. The number of methoxy groups -OCH3 is 1. The number of rotatable bonds is 4. The van der Waals surface area contributed by atoms with Crippen LogP contribution in [-0.4, -0.2) is 29.4 Å². The number of ether oxygens (including phenoxy) is 1. The van der Waals surface area contributed by atoms with Crippen LogP contribution in [0.5, 0.6) is 5.75 Å². The normalized spacial score (nSPS) is 16.4. The molecule has 0 aliphatic carbocycles. The molecule has 1 unspecified atom stereocenters. The van der Waals surface area contributed by atoms with E-state index in [0.717, 1.165) is 41.3 Å². The first-order chi connectivity index (χ1) is 13.6. The zero-order valence-electron chi connectivity index (χ0n) is 15.8. The molecular formula is C22H21FN2O2S. The van der Waals surface area contributed by atoms with Crippen LogP contribution in [0.15, 0.2) is 48.5 Å². The molecule has 3 aromatic rings. The van der Waals surface area contributed by atoms with Crippen LogP contribution in [0.3, 0.4) is 0 Å². The molecule has 1 atom stereocenters. The van der Waals surface area contributed by atoms with Gasteiger partial charge in [0.25, 0.3) is 5.91 Å². The van der Waals surface area contributed by atoms with E-state index >= 15 is 0 Å². The van der Waals surface area contributed by atoms with Crippen LogP contribution in [0.2, 0.25) is 0 Å². The van der Waals surface area contributed by atoms with E-state index in [-0.39, 0.29) is 17.8 Å². The molecule has 4 nitrogen and oxygen atoms in total. The zero-order valence-corrected chi connectivity index (χ0v) is 16.6. The molecule has 1 aliphatic rings. The molecular weight excluding hydrogens is 375 g/mol. The number of halogens is 1. The highest BCUT2D eigenvalue weighted by molar-refractivity contribution is 7.17. The summed E-state index contributed by atoms with van der Waals surface area (Å²) in [5.41, 5.74) is 2.62. The van der Waals surface area contributed by atoms with Crippen LogP contribution in [0.25, 0.3) is 10.6 Å². The summed E-state index contributed by atoms with van der Waals surface area (Å²) in [6, 6.07) is 14.2. The van der Waals surface area contributed by atoms with Gasteiger partial charge in [0.05, 0.1) is 18.8 Å². The Balaban J connectivity index is 1.62. The minimum atomic E-state index is -0.286. The highest BCUT2D eigenvalue weighted by atomic mass is 32.1. The van der Waals surface area contributed by atoms with Crippen LogP contribution >= 0.6 is 11.3 Å². The highest BCUT2D eigenvalue weighted by Gasteiger charge is 2.32. The van der Waals surface area contributed by atoms with Gasteiger partial charge in [-0.1, -0.05) is 12.1 Å². The molecule has 1 amide bonds. The number of carbonyl (C=O) groups is 1. The van der Waals surface area contributed by atoms with Crippen molar-refractivity contribution in [1.29, 1.82) is 0 Å². The van der Waals surface area contributed by atoms with E-state index < -0.39 is 0 Å². The molecule has 2 aromatic carbocycles. The fraction of sp³-hybridized carbons (Fsp3) is 0.273. The Morgan fingerprint density at radius 3 is 2.79 bits per heavy atom. The second kappa shape index (κ2) is 7.72. The van der Waals surface area contributed by atoms with Crippen molar-refractivity contribution < 1.29 is 13.9 Å². The van der Waals surface area contributed by atoms with Gasteiger partial charge in [0.15, 0.2) is 0 Å². The number of hydrogen-bond acceptors (Lipinski definition) is 4. The number of benzene rings is 2. The van der Waals surface area contributed by atoms with Crippen LogP contribution in [-0.2, 0) is 0 Å². The van der Waals surface area contributed by atoms with Crippen molar-refractivity contribution >= 4 is 17.2 Å². The summed E-state index contributed by atoms with van der Waals surface area (Å²) in [4.78, 5) is 20.4. The van der Waals surface area contributed by atoms with Crippen molar-refractivity contribution in [3.8, 4) is 16.3 Å². The van der Waals surface area contributed by atoms with Crippen molar-refractivity contribution in [3.05, 3.63) is 70.5 Å². The first-order valence-corrected chi connectivity index (χ1v) is 10.1. The Bertz CT molecular complexity index is 1000. The summed E-state index contributed by atoms with van der Waals surface area (Å²) in [5.74, 6) is 0.518. The molecule has 6 heteroatoms. The van der Waals surface area contributed by atoms with Crippen molar-refractivity contribution in [2.45, 2.75) is 25.8 Å². The van der Waals surface area contributed by atoms with E-state index in [9.17, 15) is 9.18 Å². The van der Waals surface area contributed by atoms with Gasteiger partial charge in [0.2, 0.25) is 0 Å². The first-order valence-electron chi connectivity index (χ1n) is 9.25. The summed E-state index contributed by atoms with van der Waals surface area (Å²) >= 11 is 1.37. The van der Waals surface area contributed by atoms with Gasteiger partial charge in [-0.3, -0.25) is 4.79 Å². The Labute approximate surface area is 167 Å². The lowest BCUT2D eigenvalue weighted by Gasteiger charge is -2.25. The fourth-order valence-electron chi connectivity index (χ4n) is 3.65. The second-order valence-electron chi connectivity index (χ2n) is 6.87. The van der Waals surface area contributed by atoms with E-state index in [1.807, 2.05) is 36.1 Å². The van der Waals surface area contributed by atoms with Gasteiger partial charge in [-0.2, -0.15) is 0 Å². The van der Waals surface area contributed by atoms with Crippen LogP contribution in [0.4, 0.5) is 4.39 Å². The maximum absolute atomic E-state index is 13.3. The lowest BCUT2D eigenvalue weighted by Crippen LogP contribution is -2.30. The highest BCUT2D eigenvalue weighted by Crippen LogP contribution is 2.37. The van der Waals surface area contributed by atoms with Gasteiger partial charge in [0, 0.05) is 12.1 Å². The third-order valence-electron chi connectivity index (χ3n) is 5.07. The quantitative estimate of drug-likeness (QED) is 0.605. The number of hydrogen-bond donors (Lipinski definition) is 0. The Morgan fingerprint density at radius 2 is 2.04 bits per heavy atom. The molecule has 4 rings (SSSR count). The van der Waals surface area contributed by atoms with Crippen molar-refractivity contribution in [2.24, 2.45) is 0 Å². The third kappa shape index (κ3) is 3.52. The molecule has 0 N–H and O–H groups in total. The minimum Gasteiger partial charge on any atom is -0.497 e. The van der Waals surface area contributed by atoms with E-state index in [0.29, 0.717) is 10.6 Å². The van der Waals surface area contributed by atoms with Crippen molar-refractivity contribution in [1.82, 2.24) is 9.88 Å². The third-order valence-corrected chi connectivity index (χ3v) is 6.27. The Morgan fingerprint density at radius 1 is 1.25 bits per heavy atom. The second-order valence-corrected chi connectivity index (χ2v) is 7.87. The standard InChI is InChI=1S/C22H21FN2O2S/c1-14-20(28-21(24-14)15-8-10-17(23)11-9-15)22(26)25-12-4-7-19(25)16-5-3-6-18(13-16)27-2/h3,5-6,8-11,13,19H,4,7,12H2,1-2H3. The smallest absolute Gasteiger partial charge is 0.266 e. The van der Waals surface area contributed by atoms with E-state index in [1.165, 1.54) is 23.5 Å². The fourth-order valence-corrected chi connectivity index (χ4v) is 4.67. The van der Waals surface area contributed by atoms with E-state index in [4.69, 9.17) is 4.74 Å². The lowest BCUT2D eigenvalue weighted by atomic mass is 10.0. The van der Waals surface area contributed by atoms with Crippen molar-refractivity contribution in [2.75, 3.05) is 13.7 Å². The van der Waals surface area contributed by atoms with Crippen molar-refractivity contribution in [3.63, 3.8) is 0 Å².